The smallest absolute Gasteiger partial charge is 0.246 e. The highest BCUT2D eigenvalue weighted by atomic mass is 16.5. The predicted octanol–water partition coefficient (Wildman–Crippen LogP) is 0.934. The van der Waals surface area contributed by atoms with E-state index in [1.165, 1.54) is 0 Å². The summed E-state index contributed by atoms with van der Waals surface area (Å²) in [7, 11) is 1.95. The first-order chi connectivity index (χ1) is 8.66. The number of hydrogen-bond acceptors (Lipinski definition) is 4. The summed E-state index contributed by atoms with van der Waals surface area (Å²) in [6, 6.07) is 0. The molecule has 0 bridgehead atoms. The van der Waals surface area contributed by atoms with Crippen LogP contribution in [0.3, 0.4) is 0 Å². The molecule has 0 fully saturated rings. The van der Waals surface area contributed by atoms with Gasteiger partial charge >= 0.3 is 0 Å². The lowest BCUT2D eigenvalue weighted by atomic mass is 10.3. The molecule has 0 unspecified atom stereocenters. The topological polar surface area (TPSA) is 59.6 Å². The molecular formula is C13H28N2O3. The minimum Gasteiger partial charge on any atom is -0.381 e. The van der Waals surface area contributed by atoms with Crippen LogP contribution in [0.1, 0.15) is 33.1 Å². The molecule has 0 aromatic carbocycles. The van der Waals surface area contributed by atoms with E-state index in [9.17, 15) is 4.79 Å². The zero-order valence-corrected chi connectivity index (χ0v) is 12.0. The average Bonchev–Trinajstić information content (AvgIpc) is 2.34. The summed E-state index contributed by atoms with van der Waals surface area (Å²) >= 11 is 0. The van der Waals surface area contributed by atoms with Crippen molar-refractivity contribution in [2.24, 2.45) is 0 Å². The van der Waals surface area contributed by atoms with Crippen LogP contribution < -0.4 is 10.6 Å². The lowest BCUT2D eigenvalue weighted by molar-refractivity contribution is -0.127. The number of carbonyl (C=O) groups excluding carboxylic acids is 1. The molecule has 5 nitrogen and oxygen atoms in total. The highest BCUT2D eigenvalue weighted by Crippen LogP contribution is 1.90. The third-order valence-electron chi connectivity index (χ3n) is 2.30. The van der Waals surface area contributed by atoms with E-state index in [1.807, 2.05) is 20.9 Å². The van der Waals surface area contributed by atoms with Crippen molar-refractivity contribution in [3.05, 3.63) is 0 Å². The van der Waals surface area contributed by atoms with Gasteiger partial charge in [-0.1, -0.05) is 0 Å². The number of ether oxygens (including phenoxy) is 2. The molecule has 5 heteroatoms. The third-order valence-corrected chi connectivity index (χ3v) is 2.30. The number of hydrogen-bond donors (Lipinski definition) is 2. The minimum atomic E-state index is -0.0577. The van der Waals surface area contributed by atoms with Crippen molar-refractivity contribution in [3.8, 4) is 0 Å². The monoisotopic (exact) mass is 260 g/mol. The van der Waals surface area contributed by atoms with Gasteiger partial charge in [0.05, 0.1) is 6.10 Å². The summed E-state index contributed by atoms with van der Waals surface area (Å²) in [6.45, 7) is 7.15. The van der Waals surface area contributed by atoms with Crippen molar-refractivity contribution in [1.82, 2.24) is 10.6 Å². The second kappa shape index (κ2) is 12.8. The van der Waals surface area contributed by atoms with E-state index in [4.69, 9.17) is 9.47 Å². The summed E-state index contributed by atoms with van der Waals surface area (Å²) in [6.07, 6.45) is 3.16. The first-order valence-electron chi connectivity index (χ1n) is 6.77. The Morgan fingerprint density at radius 3 is 2.50 bits per heavy atom. The van der Waals surface area contributed by atoms with Gasteiger partial charge in [0.2, 0.25) is 5.91 Å². The van der Waals surface area contributed by atoms with E-state index >= 15 is 0 Å². The Balaban J connectivity index is 3.12. The molecule has 0 saturated carbocycles. The normalized spacial score (nSPS) is 10.9. The highest BCUT2D eigenvalue weighted by Gasteiger charge is 2.01. The first-order valence-corrected chi connectivity index (χ1v) is 6.77. The van der Waals surface area contributed by atoms with Crippen LogP contribution in [0.5, 0.6) is 0 Å². The van der Waals surface area contributed by atoms with Crippen molar-refractivity contribution in [2.75, 3.05) is 40.0 Å². The SMILES string of the molecule is CNCCCCOCCCNC(=O)COC(C)C. The molecule has 0 spiro atoms. The van der Waals surface area contributed by atoms with Gasteiger partial charge in [0, 0.05) is 19.8 Å². The summed E-state index contributed by atoms with van der Waals surface area (Å²) < 4.78 is 10.6. The lowest BCUT2D eigenvalue weighted by Gasteiger charge is -2.08. The Morgan fingerprint density at radius 1 is 1.11 bits per heavy atom. The zero-order chi connectivity index (χ0) is 13.6. The Kier molecular flexibility index (Phi) is 12.3. The van der Waals surface area contributed by atoms with Crippen molar-refractivity contribution in [3.63, 3.8) is 0 Å². The third kappa shape index (κ3) is 13.4. The average molecular weight is 260 g/mol. The quantitative estimate of drug-likeness (QED) is 0.513. The van der Waals surface area contributed by atoms with Gasteiger partial charge < -0.3 is 20.1 Å². The van der Waals surface area contributed by atoms with E-state index in [-0.39, 0.29) is 18.6 Å². The molecule has 108 valence electrons. The number of carbonyl (C=O) groups is 1. The van der Waals surface area contributed by atoms with E-state index in [0.717, 1.165) is 32.4 Å². The zero-order valence-electron chi connectivity index (χ0n) is 12.0. The Labute approximate surface area is 111 Å². The Morgan fingerprint density at radius 2 is 1.83 bits per heavy atom. The van der Waals surface area contributed by atoms with Gasteiger partial charge in [0.15, 0.2) is 0 Å². The van der Waals surface area contributed by atoms with Crippen LogP contribution in [0.15, 0.2) is 0 Å². The van der Waals surface area contributed by atoms with E-state index in [1.54, 1.807) is 0 Å². The first kappa shape index (κ1) is 17.4. The van der Waals surface area contributed by atoms with Gasteiger partial charge in [-0.25, -0.2) is 0 Å². The largest absolute Gasteiger partial charge is 0.381 e. The van der Waals surface area contributed by atoms with Crippen LogP contribution in [0.25, 0.3) is 0 Å². The van der Waals surface area contributed by atoms with Gasteiger partial charge in [-0.05, 0) is 46.7 Å². The maximum Gasteiger partial charge on any atom is 0.246 e. The number of amides is 1. The lowest BCUT2D eigenvalue weighted by Crippen LogP contribution is -2.30. The van der Waals surface area contributed by atoms with Crippen LogP contribution in [0.4, 0.5) is 0 Å². The molecule has 2 N–H and O–H groups in total. The van der Waals surface area contributed by atoms with Gasteiger partial charge in [-0.3, -0.25) is 4.79 Å². The van der Waals surface area contributed by atoms with Crippen molar-refractivity contribution >= 4 is 5.91 Å². The molecule has 0 saturated heterocycles. The van der Waals surface area contributed by atoms with E-state index in [2.05, 4.69) is 10.6 Å². The fourth-order valence-corrected chi connectivity index (χ4v) is 1.30. The second-order valence-electron chi connectivity index (χ2n) is 4.49. The number of unbranched alkanes of at least 4 members (excludes halogenated alkanes) is 1. The molecule has 18 heavy (non-hydrogen) atoms. The molecule has 0 rings (SSSR count). The molecule has 0 heterocycles. The molecule has 0 aliphatic rings. The predicted molar refractivity (Wildman–Crippen MR) is 72.7 cm³/mol. The van der Waals surface area contributed by atoms with Crippen molar-refractivity contribution < 1.29 is 14.3 Å². The van der Waals surface area contributed by atoms with Gasteiger partial charge in [0.1, 0.15) is 6.61 Å². The van der Waals surface area contributed by atoms with Gasteiger partial charge in [0.25, 0.3) is 0 Å². The molecule has 1 amide bonds. The summed E-state index contributed by atoms with van der Waals surface area (Å²) in [5.41, 5.74) is 0. The minimum absolute atomic E-state index is 0.0577. The standard InChI is InChI=1S/C13H28N2O3/c1-12(2)18-11-13(16)15-8-6-10-17-9-5-4-7-14-3/h12,14H,4-11H2,1-3H3,(H,15,16). The highest BCUT2D eigenvalue weighted by molar-refractivity contribution is 5.77. The molecule has 0 atom stereocenters. The van der Waals surface area contributed by atoms with Crippen molar-refractivity contribution in [2.45, 2.75) is 39.2 Å². The molecule has 0 aromatic heterocycles. The van der Waals surface area contributed by atoms with Crippen LogP contribution in [-0.2, 0) is 14.3 Å². The molecular weight excluding hydrogens is 232 g/mol. The number of rotatable bonds is 12. The summed E-state index contributed by atoms with van der Waals surface area (Å²) in [5, 5.41) is 5.89. The van der Waals surface area contributed by atoms with Gasteiger partial charge in [-0.15, -0.1) is 0 Å². The number of nitrogens with one attached hydrogen (secondary N) is 2. The Hall–Kier alpha value is -0.650. The van der Waals surface area contributed by atoms with Crippen LogP contribution in [0.2, 0.25) is 0 Å². The Bertz CT molecular complexity index is 199. The molecule has 0 aromatic rings. The summed E-state index contributed by atoms with van der Waals surface area (Å²) in [5.74, 6) is -0.0577. The maximum absolute atomic E-state index is 11.3. The fraction of sp³-hybridized carbons (Fsp3) is 0.923. The second-order valence-corrected chi connectivity index (χ2v) is 4.49. The van der Waals surface area contributed by atoms with Gasteiger partial charge in [-0.2, -0.15) is 0 Å². The molecule has 0 aliphatic carbocycles. The maximum atomic E-state index is 11.3. The molecule has 0 aliphatic heterocycles. The van der Waals surface area contributed by atoms with Crippen LogP contribution in [0, 0.1) is 0 Å². The van der Waals surface area contributed by atoms with E-state index < -0.39 is 0 Å². The van der Waals surface area contributed by atoms with E-state index in [0.29, 0.717) is 13.2 Å². The van der Waals surface area contributed by atoms with Crippen LogP contribution >= 0.6 is 0 Å². The molecule has 0 radical (unpaired) electrons. The fourth-order valence-electron chi connectivity index (χ4n) is 1.30. The summed E-state index contributed by atoms with van der Waals surface area (Å²) in [4.78, 5) is 11.3. The van der Waals surface area contributed by atoms with Crippen molar-refractivity contribution in [1.29, 1.82) is 0 Å². The van der Waals surface area contributed by atoms with Crippen LogP contribution in [-0.4, -0.2) is 52.0 Å².